The van der Waals surface area contributed by atoms with E-state index in [1.54, 1.807) is 17.3 Å². The minimum absolute atomic E-state index is 0.0691. The Kier molecular flexibility index (Phi) is 8.25. The molecule has 47 heavy (non-hydrogen) atoms. The number of piperidine rings is 1. The van der Waals surface area contributed by atoms with E-state index in [2.05, 4.69) is 27.1 Å². The lowest BCUT2D eigenvalue weighted by Crippen LogP contribution is -2.43. The van der Waals surface area contributed by atoms with Gasteiger partial charge in [0.1, 0.15) is 22.7 Å². The van der Waals surface area contributed by atoms with Crippen LogP contribution >= 0.6 is 0 Å². The van der Waals surface area contributed by atoms with Gasteiger partial charge in [0, 0.05) is 42.7 Å². The predicted molar refractivity (Wildman–Crippen MR) is 180 cm³/mol. The number of hydrogen-bond acceptors (Lipinski definition) is 6. The molecule has 0 radical (unpaired) electrons. The minimum atomic E-state index is -0.595. The highest BCUT2D eigenvalue weighted by atomic mass is 19.1. The van der Waals surface area contributed by atoms with Crippen molar-refractivity contribution in [3.05, 3.63) is 93.4 Å². The smallest absolute Gasteiger partial charge is 0.270 e. The van der Waals surface area contributed by atoms with Crippen LogP contribution in [0.3, 0.4) is 0 Å². The van der Waals surface area contributed by atoms with Gasteiger partial charge in [0.05, 0.1) is 23.1 Å². The van der Waals surface area contributed by atoms with Crippen LogP contribution in [0.2, 0.25) is 0 Å². The number of rotatable bonds is 6. The molecule has 6 rings (SSSR count). The molecule has 0 aliphatic carbocycles. The molecular formula is C36H38FN7O3. The number of aryl methyl sites for hydroxylation is 2. The molecule has 242 valence electrons. The Morgan fingerprint density at radius 2 is 1.94 bits per heavy atom. The summed E-state index contributed by atoms with van der Waals surface area (Å²) in [4.78, 5) is 52.5. The third kappa shape index (κ3) is 5.19. The number of pyridine rings is 3. The summed E-state index contributed by atoms with van der Waals surface area (Å²) in [5.41, 5.74) is 4.08. The van der Waals surface area contributed by atoms with E-state index in [1.165, 1.54) is 23.8 Å². The Morgan fingerprint density at radius 3 is 2.62 bits per heavy atom. The minimum Gasteiger partial charge on any atom is -0.355 e. The zero-order chi connectivity index (χ0) is 33.7. The normalized spacial score (nSPS) is 16.6. The van der Waals surface area contributed by atoms with Crippen LogP contribution in [0.15, 0.2) is 54.1 Å². The Bertz CT molecular complexity index is 2150. The standard InChI is InChI=1S/C36H38FN7O3/c1-8-27(45)43-14-12-22(21(6)17-43)29-23-15-25(37)32(28-19(4)9-10-26-24(28)16-40-42-26)41-34(23)44(36(47)30(29)35(46)38-7)33-20(5)11-13-39-31(33)18(2)3/h8-11,13,15-16,18,21-22H,1,12,14,17H2,2-7H3,(H,38,46)(H,40,42)/t21-,22?/m0/s1. The van der Waals surface area contributed by atoms with E-state index in [0.29, 0.717) is 52.8 Å². The first-order valence-electron chi connectivity index (χ1n) is 15.8. The molecule has 1 unspecified atom stereocenters. The molecule has 5 heterocycles. The molecule has 0 bridgehead atoms. The van der Waals surface area contributed by atoms with Crippen LogP contribution < -0.4 is 10.9 Å². The number of carbonyl (C=O) groups excluding carboxylic acids is 2. The summed E-state index contributed by atoms with van der Waals surface area (Å²) in [5.74, 6) is -1.94. The third-order valence-electron chi connectivity index (χ3n) is 9.35. The molecule has 2 atom stereocenters. The lowest BCUT2D eigenvalue weighted by Gasteiger charge is -2.38. The second-order valence-corrected chi connectivity index (χ2v) is 12.7. The molecule has 1 aliphatic heterocycles. The van der Waals surface area contributed by atoms with Crippen LogP contribution in [-0.2, 0) is 4.79 Å². The van der Waals surface area contributed by atoms with E-state index < -0.39 is 17.3 Å². The van der Waals surface area contributed by atoms with Gasteiger partial charge in [-0.1, -0.05) is 33.4 Å². The van der Waals surface area contributed by atoms with Gasteiger partial charge in [0.15, 0.2) is 0 Å². The Balaban J connectivity index is 1.77. The Labute approximate surface area is 271 Å². The van der Waals surface area contributed by atoms with Crippen molar-refractivity contribution in [3.8, 4) is 16.9 Å². The first-order chi connectivity index (χ1) is 22.5. The largest absolute Gasteiger partial charge is 0.355 e. The number of halogens is 1. The van der Waals surface area contributed by atoms with Gasteiger partial charge in [-0.25, -0.2) is 9.37 Å². The number of likely N-dealkylation sites (tertiary alicyclic amines) is 1. The third-order valence-corrected chi connectivity index (χ3v) is 9.35. The number of carbonyl (C=O) groups is 2. The number of hydrogen-bond donors (Lipinski definition) is 2. The van der Waals surface area contributed by atoms with Crippen LogP contribution in [0.25, 0.3) is 38.9 Å². The molecule has 10 nitrogen and oxygen atoms in total. The van der Waals surface area contributed by atoms with Crippen LogP contribution in [0, 0.1) is 25.6 Å². The van der Waals surface area contributed by atoms with Crippen LogP contribution in [0.1, 0.15) is 71.8 Å². The zero-order valence-corrected chi connectivity index (χ0v) is 27.4. The summed E-state index contributed by atoms with van der Waals surface area (Å²) in [5, 5.41) is 10.8. The molecule has 4 aromatic heterocycles. The highest BCUT2D eigenvalue weighted by molar-refractivity contribution is 6.02. The predicted octanol–water partition coefficient (Wildman–Crippen LogP) is 5.70. The van der Waals surface area contributed by atoms with Crippen LogP contribution in [-0.4, -0.2) is 61.6 Å². The monoisotopic (exact) mass is 635 g/mol. The molecule has 5 aromatic rings. The molecular weight excluding hydrogens is 597 g/mol. The maximum atomic E-state index is 16.7. The van der Waals surface area contributed by atoms with Gasteiger partial charge in [-0.2, -0.15) is 5.10 Å². The first kappa shape index (κ1) is 31.8. The Morgan fingerprint density at radius 1 is 1.17 bits per heavy atom. The van der Waals surface area contributed by atoms with E-state index in [0.717, 1.165) is 16.6 Å². The van der Waals surface area contributed by atoms with Crippen LogP contribution in [0.4, 0.5) is 4.39 Å². The summed E-state index contributed by atoms with van der Waals surface area (Å²) in [6.45, 7) is 14.1. The average Bonchev–Trinajstić information content (AvgIpc) is 3.53. The Hall–Kier alpha value is -5.19. The van der Waals surface area contributed by atoms with Crippen molar-refractivity contribution in [1.82, 2.24) is 34.9 Å². The van der Waals surface area contributed by atoms with Gasteiger partial charge in [-0.05, 0) is 79.0 Å². The lowest BCUT2D eigenvalue weighted by atomic mass is 9.78. The van der Waals surface area contributed by atoms with Gasteiger partial charge in [0.2, 0.25) is 5.91 Å². The zero-order valence-electron chi connectivity index (χ0n) is 27.4. The highest BCUT2D eigenvalue weighted by Crippen LogP contribution is 2.41. The fourth-order valence-electron chi connectivity index (χ4n) is 7.05. The SMILES string of the molecule is C=CC(=O)N1CCC(c2c(C(=O)NC)c(=O)n(-c3c(C)ccnc3C(C)C)c3nc(-c4c(C)ccc5[nH]ncc45)c(F)cc23)[C@@H](C)C1. The first-order valence-corrected chi connectivity index (χ1v) is 15.8. The molecule has 2 N–H and O–H groups in total. The van der Waals surface area contributed by atoms with Crippen molar-refractivity contribution >= 4 is 33.8 Å². The van der Waals surface area contributed by atoms with Gasteiger partial charge in [-0.3, -0.25) is 29.0 Å². The van der Waals surface area contributed by atoms with E-state index in [9.17, 15) is 14.4 Å². The topological polar surface area (TPSA) is 126 Å². The molecule has 11 heteroatoms. The van der Waals surface area contributed by atoms with Crippen molar-refractivity contribution in [2.75, 3.05) is 20.1 Å². The maximum absolute atomic E-state index is 16.7. The second kappa shape index (κ2) is 12.2. The molecule has 2 amide bonds. The van der Waals surface area contributed by atoms with Crippen molar-refractivity contribution < 1.29 is 14.0 Å². The molecule has 0 spiro atoms. The number of fused-ring (bicyclic) bond motifs is 2. The van der Waals surface area contributed by atoms with Crippen molar-refractivity contribution in [2.45, 2.75) is 52.9 Å². The molecule has 1 aromatic carbocycles. The molecule has 1 fully saturated rings. The number of nitrogens with zero attached hydrogens (tertiary/aromatic N) is 5. The number of amides is 2. The van der Waals surface area contributed by atoms with Gasteiger partial charge in [0.25, 0.3) is 11.5 Å². The number of aromatic nitrogens is 5. The number of nitrogens with one attached hydrogen (secondary N) is 2. The molecule has 1 saturated heterocycles. The van der Waals surface area contributed by atoms with Gasteiger partial charge < -0.3 is 10.2 Å². The summed E-state index contributed by atoms with van der Waals surface area (Å²) in [7, 11) is 1.47. The van der Waals surface area contributed by atoms with E-state index in [1.807, 2.05) is 52.8 Å². The number of benzene rings is 1. The average molecular weight is 636 g/mol. The number of aromatic amines is 1. The quantitative estimate of drug-likeness (QED) is 0.231. The van der Waals surface area contributed by atoms with Crippen molar-refractivity contribution in [2.24, 2.45) is 5.92 Å². The highest BCUT2D eigenvalue weighted by Gasteiger charge is 2.36. The molecule has 0 saturated carbocycles. The van der Waals surface area contributed by atoms with Crippen LogP contribution in [0.5, 0.6) is 0 Å². The summed E-state index contributed by atoms with van der Waals surface area (Å²) in [6.07, 6.45) is 5.07. The van der Waals surface area contributed by atoms with Crippen molar-refractivity contribution in [3.63, 3.8) is 0 Å². The van der Waals surface area contributed by atoms with E-state index in [-0.39, 0.29) is 40.6 Å². The lowest BCUT2D eigenvalue weighted by molar-refractivity contribution is -0.127. The van der Waals surface area contributed by atoms with Gasteiger partial charge in [-0.15, -0.1) is 0 Å². The second-order valence-electron chi connectivity index (χ2n) is 12.7. The maximum Gasteiger partial charge on any atom is 0.270 e. The fraction of sp³-hybridized carbons (Fsp3) is 0.333. The fourth-order valence-corrected chi connectivity index (χ4v) is 7.05. The molecule has 1 aliphatic rings. The van der Waals surface area contributed by atoms with Gasteiger partial charge >= 0.3 is 0 Å². The van der Waals surface area contributed by atoms with E-state index >= 15 is 4.39 Å². The summed E-state index contributed by atoms with van der Waals surface area (Å²) in [6, 6.07) is 6.96. The van der Waals surface area contributed by atoms with Crippen molar-refractivity contribution in [1.29, 1.82) is 0 Å². The van der Waals surface area contributed by atoms with E-state index in [4.69, 9.17) is 4.98 Å². The number of H-pyrrole nitrogens is 1. The summed E-state index contributed by atoms with van der Waals surface area (Å²) < 4.78 is 18.1. The summed E-state index contributed by atoms with van der Waals surface area (Å²) >= 11 is 0.